The minimum absolute atomic E-state index is 0.0663. The van der Waals surface area contributed by atoms with Crippen molar-refractivity contribution in [3.8, 4) is 0 Å². The molecular formula is C28H28Cl3FN2O2. The Kier molecular flexibility index (Phi) is 9.40. The van der Waals surface area contributed by atoms with Gasteiger partial charge in [-0.2, -0.15) is 0 Å². The summed E-state index contributed by atoms with van der Waals surface area (Å²) in [6.45, 7) is 5.68. The molecule has 3 rings (SSSR count). The zero-order valence-corrected chi connectivity index (χ0v) is 22.6. The fourth-order valence-corrected chi connectivity index (χ4v) is 4.35. The van der Waals surface area contributed by atoms with Crippen LogP contribution in [0.3, 0.4) is 0 Å². The SMILES string of the molecule is CC(C)(C)NC(=O)[C@@H](Cc1ccccc1)N(Cc1ccc(Cl)c(Cl)c1)C(=O)Cc1c(F)cccc1Cl. The number of hydrogen-bond acceptors (Lipinski definition) is 2. The number of nitrogens with one attached hydrogen (secondary N) is 1. The van der Waals surface area contributed by atoms with Crippen molar-refractivity contribution in [2.45, 2.75) is 51.7 Å². The second-order valence-corrected chi connectivity index (χ2v) is 10.8. The molecule has 0 aliphatic heterocycles. The molecular weight excluding hydrogens is 522 g/mol. The normalized spacial score (nSPS) is 12.2. The summed E-state index contributed by atoms with van der Waals surface area (Å²) in [4.78, 5) is 28.7. The molecule has 0 saturated heterocycles. The van der Waals surface area contributed by atoms with Crippen molar-refractivity contribution < 1.29 is 14.0 Å². The van der Waals surface area contributed by atoms with E-state index in [9.17, 15) is 14.0 Å². The summed E-state index contributed by atoms with van der Waals surface area (Å²) in [5.74, 6) is -1.35. The molecule has 0 heterocycles. The highest BCUT2D eigenvalue weighted by Crippen LogP contribution is 2.26. The lowest BCUT2D eigenvalue weighted by Gasteiger charge is -2.34. The molecule has 0 aliphatic rings. The van der Waals surface area contributed by atoms with Gasteiger partial charge in [0.2, 0.25) is 11.8 Å². The molecule has 3 aromatic carbocycles. The van der Waals surface area contributed by atoms with E-state index >= 15 is 0 Å². The van der Waals surface area contributed by atoms with Crippen LogP contribution in [-0.4, -0.2) is 28.3 Å². The molecule has 2 amide bonds. The van der Waals surface area contributed by atoms with Crippen LogP contribution in [0.25, 0.3) is 0 Å². The molecule has 0 aromatic heterocycles. The van der Waals surface area contributed by atoms with Crippen LogP contribution >= 0.6 is 34.8 Å². The Hall–Kier alpha value is -2.60. The van der Waals surface area contributed by atoms with Crippen molar-refractivity contribution in [3.05, 3.63) is 104 Å². The van der Waals surface area contributed by atoms with E-state index in [1.54, 1.807) is 18.2 Å². The largest absolute Gasteiger partial charge is 0.350 e. The lowest BCUT2D eigenvalue weighted by Crippen LogP contribution is -2.54. The van der Waals surface area contributed by atoms with Crippen molar-refractivity contribution in [3.63, 3.8) is 0 Å². The number of benzene rings is 3. The molecule has 4 nitrogen and oxygen atoms in total. The Morgan fingerprint density at radius 2 is 1.58 bits per heavy atom. The molecule has 0 unspecified atom stereocenters. The van der Waals surface area contributed by atoms with Gasteiger partial charge >= 0.3 is 0 Å². The van der Waals surface area contributed by atoms with Crippen LogP contribution in [0.4, 0.5) is 4.39 Å². The Balaban J connectivity index is 2.05. The third kappa shape index (κ3) is 7.70. The molecule has 0 spiro atoms. The van der Waals surface area contributed by atoms with Crippen molar-refractivity contribution in [2.75, 3.05) is 0 Å². The second-order valence-electron chi connectivity index (χ2n) is 9.59. The average molecular weight is 550 g/mol. The van der Waals surface area contributed by atoms with E-state index in [1.807, 2.05) is 51.1 Å². The quantitative estimate of drug-likeness (QED) is 0.333. The summed E-state index contributed by atoms with van der Waals surface area (Å²) >= 11 is 18.5. The first-order valence-corrected chi connectivity index (χ1v) is 12.6. The minimum atomic E-state index is -0.876. The Morgan fingerprint density at radius 3 is 2.19 bits per heavy atom. The molecule has 0 bridgehead atoms. The summed E-state index contributed by atoms with van der Waals surface area (Å²) in [6, 6.07) is 17.8. The molecule has 190 valence electrons. The number of halogens is 4. The highest BCUT2D eigenvalue weighted by Gasteiger charge is 2.33. The van der Waals surface area contributed by atoms with E-state index in [4.69, 9.17) is 34.8 Å². The molecule has 0 aliphatic carbocycles. The molecule has 1 N–H and O–H groups in total. The number of carbonyl (C=O) groups is 2. The fraction of sp³-hybridized carbons (Fsp3) is 0.286. The smallest absolute Gasteiger partial charge is 0.243 e. The van der Waals surface area contributed by atoms with Gasteiger partial charge < -0.3 is 10.2 Å². The number of nitrogens with zero attached hydrogens (tertiary/aromatic N) is 1. The lowest BCUT2D eigenvalue weighted by molar-refractivity contribution is -0.141. The van der Waals surface area contributed by atoms with E-state index in [-0.39, 0.29) is 35.9 Å². The molecule has 1 atom stereocenters. The number of amides is 2. The molecule has 8 heteroatoms. The maximum Gasteiger partial charge on any atom is 0.243 e. The summed E-state index contributed by atoms with van der Waals surface area (Å²) in [5.41, 5.74) is 1.11. The molecule has 0 radical (unpaired) electrons. The monoisotopic (exact) mass is 548 g/mol. The van der Waals surface area contributed by atoms with Gasteiger partial charge in [-0.1, -0.05) is 77.3 Å². The van der Waals surface area contributed by atoms with Crippen LogP contribution in [0.1, 0.15) is 37.5 Å². The maximum absolute atomic E-state index is 14.6. The minimum Gasteiger partial charge on any atom is -0.350 e. The third-order valence-electron chi connectivity index (χ3n) is 5.50. The van der Waals surface area contributed by atoms with Crippen LogP contribution in [0.5, 0.6) is 0 Å². The van der Waals surface area contributed by atoms with Crippen molar-refractivity contribution in [1.82, 2.24) is 10.2 Å². The Morgan fingerprint density at radius 1 is 0.889 bits per heavy atom. The summed E-state index contributed by atoms with van der Waals surface area (Å²) in [7, 11) is 0. The van der Waals surface area contributed by atoms with Gasteiger partial charge in [-0.3, -0.25) is 9.59 Å². The van der Waals surface area contributed by atoms with Crippen molar-refractivity contribution in [1.29, 1.82) is 0 Å². The van der Waals surface area contributed by atoms with Gasteiger partial charge in [-0.15, -0.1) is 0 Å². The summed E-state index contributed by atoms with van der Waals surface area (Å²) in [6.07, 6.45) is -0.0399. The molecule has 36 heavy (non-hydrogen) atoms. The highest BCUT2D eigenvalue weighted by atomic mass is 35.5. The van der Waals surface area contributed by atoms with Crippen LogP contribution < -0.4 is 5.32 Å². The van der Waals surface area contributed by atoms with E-state index in [0.717, 1.165) is 5.56 Å². The highest BCUT2D eigenvalue weighted by molar-refractivity contribution is 6.42. The first kappa shape index (κ1) is 28.0. The third-order valence-corrected chi connectivity index (χ3v) is 6.59. The molecule has 3 aromatic rings. The topological polar surface area (TPSA) is 49.4 Å². The Labute approximate surface area is 226 Å². The van der Waals surface area contributed by atoms with Crippen LogP contribution in [0.2, 0.25) is 15.1 Å². The molecule has 0 fully saturated rings. The van der Waals surface area contributed by atoms with Gasteiger partial charge in [-0.25, -0.2) is 4.39 Å². The predicted octanol–water partition coefficient (Wildman–Crippen LogP) is 6.88. The van der Waals surface area contributed by atoms with E-state index in [0.29, 0.717) is 15.6 Å². The number of carbonyl (C=O) groups excluding carboxylic acids is 2. The number of hydrogen-bond donors (Lipinski definition) is 1. The van der Waals surface area contributed by atoms with E-state index in [2.05, 4.69) is 5.32 Å². The van der Waals surface area contributed by atoms with E-state index in [1.165, 1.54) is 23.1 Å². The average Bonchev–Trinajstić information content (AvgIpc) is 2.80. The molecule has 0 saturated carbocycles. The van der Waals surface area contributed by atoms with Crippen LogP contribution in [0.15, 0.2) is 66.7 Å². The van der Waals surface area contributed by atoms with Crippen LogP contribution in [0, 0.1) is 5.82 Å². The van der Waals surface area contributed by atoms with Gasteiger partial charge in [0.05, 0.1) is 16.5 Å². The van der Waals surface area contributed by atoms with Gasteiger partial charge in [-0.05, 0) is 56.2 Å². The zero-order valence-electron chi connectivity index (χ0n) is 20.3. The number of rotatable bonds is 8. The lowest BCUT2D eigenvalue weighted by atomic mass is 9.99. The first-order valence-electron chi connectivity index (χ1n) is 11.5. The summed E-state index contributed by atoms with van der Waals surface area (Å²) in [5, 5.41) is 3.85. The fourth-order valence-electron chi connectivity index (χ4n) is 3.80. The zero-order chi connectivity index (χ0) is 26.5. The van der Waals surface area contributed by atoms with Gasteiger partial charge in [0.25, 0.3) is 0 Å². The maximum atomic E-state index is 14.6. The van der Waals surface area contributed by atoms with Gasteiger partial charge in [0, 0.05) is 29.1 Å². The van der Waals surface area contributed by atoms with Crippen molar-refractivity contribution >= 4 is 46.6 Å². The van der Waals surface area contributed by atoms with Gasteiger partial charge in [0.1, 0.15) is 11.9 Å². The van der Waals surface area contributed by atoms with Crippen molar-refractivity contribution in [2.24, 2.45) is 0 Å². The first-order chi connectivity index (χ1) is 16.9. The van der Waals surface area contributed by atoms with Gasteiger partial charge in [0.15, 0.2) is 0 Å². The standard InChI is InChI=1S/C28H28Cl3FN2O2/c1-28(2,3)33-27(36)25(15-18-8-5-4-6-9-18)34(17-19-12-13-22(30)23(31)14-19)26(35)16-20-21(29)10-7-11-24(20)32/h4-14,25H,15-17H2,1-3H3,(H,33,36)/t25-/m1/s1. The van der Waals surface area contributed by atoms with E-state index < -0.39 is 23.3 Å². The predicted molar refractivity (Wildman–Crippen MR) is 144 cm³/mol. The van der Waals surface area contributed by atoms with Crippen LogP contribution in [-0.2, 0) is 29.0 Å². The Bertz CT molecular complexity index is 1210. The summed E-state index contributed by atoms with van der Waals surface area (Å²) < 4.78 is 14.6. The second kappa shape index (κ2) is 12.1.